The van der Waals surface area contributed by atoms with Gasteiger partial charge in [0.05, 0.1) is 10.6 Å². The van der Waals surface area contributed by atoms with Gasteiger partial charge in [0.15, 0.2) is 0 Å². The standard InChI is InChI=1S/C27H33N3O3S/c1-3-11-30-26-7-5-22(28(2)34(31,32)23-6-4-19-15-20(19)16-23)17-24(26)25-18-29(12-8-27(25)30)21-9-13-33-14-10-21/h3-7,16-17,19-21H,1,8-15,18H2,2H3. The Hall–Kier alpha value is -2.35. The summed E-state index contributed by atoms with van der Waals surface area (Å²) in [6.45, 7) is 8.36. The summed E-state index contributed by atoms with van der Waals surface area (Å²) in [7, 11) is -1.91. The normalized spacial score (nSPS) is 25.0. The van der Waals surface area contributed by atoms with E-state index in [4.69, 9.17) is 4.74 Å². The number of hydrogen-bond acceptors (Lipinski definition) is 4. The molecule has 180 valence electrons. The van der Waals surface area contributed by atoms with Crippen LogP contribution in [-0.2, 0) is 34.3 Å². The summed E-state index contributed by atoms with van der Waals surface area (Å²) in [5.41, 5.74) is 4.56. The molecule has 0 N–H and O–H groups in total. The molecular formula is C27H33N3O3S. The zero-order valence-electron chi connectivity index (χ0n) is 19.8. The number of hydrogen-bond donors (Lipinski definition) is 0. The minimum absolute atomic E-state index is 0.391. The number of rotatable bonds is 6. The Balaban J connectivity index is 1.37. The van der Waals surface area contributed by atoms with E-state index < -0.39 is 10.0 Å². The van der Waals surface area contributed by atoms with Crippen molar-refractivity contribution < 1.29 is 13.2 Å². The van der Waals surface area contributed by atoms with Crippen molar-refractivity contribution >= 4 is 26.6 Å². The maximum atomic E-state index is 13.4. The number of fused-ring (bicyclic) bond motifs is 4. The van der Waals surface area contributed by atoms with Crippen molar-refractivity contribution in [2.75, 3.05) is 31.1 Å². The second-order valence-electron chi connectivity index (χ2n) is 10.1. The van der Waals surface area contributed by atoms with Crippen LogP contribution >= 0.6 is 0 Å². The van der Waals surface area contributed by atoms with Crippen molar-refractivity contribution in [3.63, 3.8) is 0 Å². The van der Waals surface area contributed by atoms with E-state index in [0.717, 1.165) is 69.4 Å². The van der Waals surface area contributed by atoms with Crippen LogP contribution in [0.25, 0.3) is 10.9 Å². The van der Waals surface area contributed by atoms with Gasteiger partial charge in [0, 0.05) is 69.0 Å². The lowest BCUT2D eigenvalue weighted by atomic mass is 9.99. The van der Waals surface area contributed by atoms with Crippen molar-refractivity contribution in [1.29, 1.82) is 0 Å². The molecule has 2 unspecified atom stereocenters. The molecule has 1 aromatic heterocycles. The molecular weight excluding hydrogens is 446 g/mol. The first-order chi connectivity index (χ1) is 16.5. The van der Waals surface area contributed by atoms with Gasteiger partial charge in [0.25, 0.3) is 10.0 Å². The largest absolute Gasteiger partial charge is 0.381 e. The van der Waals surface area contributed by atoms with Gasteiger partial charge in [-0.05, 0) is 60.9 Å². The molecule has 2 aliphatic carbocycles. The van der Waals surface area contributed by atoms with E-state index in [1.165, 1.54) is 15.6 Å². The molecule has 2 fully saturated rings. The predicted molar refractivity (Wildman–Crippen MR) is 136 cm³/mol. The van der Waals surface area contributed by atoms with Gasteiger partial charge in [-0.3, -0.25) is 9.21 Å². The van der Waals surface area contributed by atoms with Crippen LogP contribution in [0.4, 0.5) is 5.69 Å². The third kappa shape index (κ3) is 3.65. The maximum absolute atomic E-state index is 13.4. The third-order valence-electron chi connectivity index (χ3n) is 8.09. The summed E-state index contributed by atoms with van der Waals surface area (Å²) >= 11 is 0. The Morgan fingerprint density at radius 1 is 1.24 bits per heavy atom. The minimum atomic E-state index is -3.58. The molecule has 2 aliphatic heterocycles. The van der Waals surface area contributed by atoms with Crippen molar-refractivity contribution in [2.24, 2.45) is 11.8 Å². The first-order valence-corrected chi connectivity index (χ1v) is 13.9. The molecule has 0 bridgehead atoms. The summed E-state index contributed by atoms with van der Waals surface area (Å²) in [5, 5.41) is 1.16. The number of ether oxygens (including phenoxy) is 1. The van der Waals surface area contributed by atoms with Gasteiger partial charge in [-0.2, -0.15) is 0 Å². The molecule has 0 amide bonds. The predicted octanol–water partition coefficient (Wildman–Crippen LogP) is 4.22. The molecule has 0 radical (unpaired) electrons. The quantitative estimate of drug-likeness (QED) is 0.582. The highest BCUT2D eigenvalue weighted by molar-refractivity contribution is 7.96. The second kappa shape index (κ2) is 8.40. The highest BCUT2D eigenvalue weighted by Crippen LogP contribution is 2.45. The Morgan fingerprint density at radius 2 is 2.06 bits per heavy atom. The Labute approximate surface area is 202 Å². The van der Waals surface area contributed by atoms with E-state index in [0.29, 0.717) is 28.5 Å². The first-order valence-electron chi connectivity index (χ1n) is 12.4. The number of anilines is 1. The average molecular weight is 480 g/mol. The maximum Gasteiger partial charge on any atom is 0.263 e. The van der Waals surface area contributed by atoms with Crippen molar-refractivity contribution in [3.05, 3.63) is 65.2 Å². The van der Waals surface area contributed by atoms with E-state index >= 15 is 0 Å². The van der Waals surface area contributed by atoms with Gasteiger partial charge in [-0.25, -0.2) is 8.42 Å². The molecule has 34 heavy (non-hydrogen) atoms. The average Bonchev–Trinajstić information content (AvgIpc) is 3.60. The fourth-order valence-corrected chi connectivity index (χ4v) is 7.26. The molecule has 1 saturated carbocycles. The zero-order valence-corrected chi connectivity index (χ0v) is 20.6. The smallest absolute Gasteiger partial charge is 0.263 e. The van der Waals surface area contributed by atoms with Gasteiger partial charge in [0.1, 0.15) is 0 Å². The van der Waals surface area contributed by atoms with Crippen LogP contribution in [0.15, 0.2) is 54.0 Å². The minimum Gasteiger partial charge on any atom is -0.381 e. The fraction of sp³-hybridized carbons (Fsp3) is 0.481. The van der Waals surface area contributed by atoms with Crippen molar-refractivity contribution in [3.8, 4) is 0 Å². The first kappa shape index (κ1) is 22.1. The number of benzene rings is 1. The van der Waals surface area contributed by atoms with Gasteiger partial charge in [-0.15, -0.1) is 6.58 Å². The lowest BCUT2D eigenvalue weighted by molar-refractivity contribution is 0.0289. The van der Waals surface area contributed by atoms with Crippen LogP contribution in [0.5, 0.6) is 0 Å². The van der Waals surface area contributed by atoms with Gasteiger partial charge >= 0.3 is 0 Å². The molecule has 6 rings (SSSR count). The molecule has 1 aromatic carbocycles. The molecule has 7 heteroatoms. The van der Waals surface area contributed by atoms with E-state index in [1.807, 2.05) is 24.3 Å². The van der Waals surface area contributed by atoms with E-state index in [1.54, 1.807) is 13.1 Å². The van der Waals surface area contributed by atoms with Gasteiger partial charge in [-0.1, -0.05) is 18.2 Å². The number of nitrogens with zero attached hydrogens (tertiary/aromatic N) is 3. The highest BCUT2D eigenvalue weighted by Gasteiger charge is 2.38. The molecule has 3 heterocycles. The van der Waals surface area contributed by atoms with Crippen molar-refractivity contribution in [2.45, 2.75) is 44.8 Å². The van der Waals surface area contributed by atoms with Crippen LogP contribution in [0.3, 0.4) is 0 Å². The molecule has 1 saturated heterocycles. The number of aromatic nitrogens is 1. The van der Waals surface area contributed by atoms with Gasteiger partial charge < -0.3 is 9.30 Å². The summed E-state index contributed by atoms with van der Waals surface area (Å²) in [6, 6.07) is 6.65. The highest BCUT2D eigenvalue weighted by atomic mass is 32.2. The lowest BCUT2D eigenvalue weighted by Crippen LogP contribution is -2.42. The van der Waals surface area contributed by atoms with E-state index in [2.05, 4.69) is 28.2 Å². The summed E-state index contributed by atoms with van der Waals surface area (Å²) < 4.78 is 36.2. The molecule has 2 atom stereocenters. The molecule has 6 nitrogen and oxygen atoms in total. The zero-order chi connectivity index (χ0) is 23.4. The third-order valence-corrected chi connectivity index (χ3v) is 9.89. The monoisotopic (exact) mass is 479 g/mol. The van der Waals surface area contributed by atoms with Crippen LogP contribution < -0.4 is 4.31 Å². The Morgan fingerprint density at radius 3 is 2.82 bits per heavy atom. The molecule has 4 aliphatic rings. The van der Waals surface area contributed by atoms with Crippen LogP contribution in [0.1, 0.15) is 30.5 Å². The number of sulfonamides is 1. The number of allylic oxidation sites excluding steroid dienone is 4. The Bertz CT molecular complexity index is 1300. The SMILES string of the molecule is C=CCn1c2c(c3cc(N(C)S(=O)(=O)C4=CC5CC5C=C4)ccc31)CN(C1CCOCC1)CC2. The summed E-state index contributed by atoms with van der Waals surface area (Å²) in [6.07, 6.45) is 11.9. The van der Waals surface area contributed by atoms with Crippen LogP contribution in [0.2, 0.25) is 0 Å². The summed E-state index contributed by atoms with van der Waals surface area (Å²) in [4.78, 5) is 3.02. The fourth-order valence-electron chi connectivity index (χ4n) is 5.96. The van der Waals surface area contributed by atoms with Crippen LogP contribution in [0, 0.1) is 11.8 Å². The van der Waals surface area contributed by atoms with E-state index in [-0.39, 0.29) is 0 Å². The van der Waals surface area contributed by atoms with Gasteiger partial charge in [0.2, 0.25) is 0 Å². The Kier molecular flexibility index (Phi) is 5.47. The van der Waals surface area contributed by atoms with E-state index in [9.17, 15) is 8.42 Å². The second-order valence-corrected chi connectivity index (χ2v) is 12.0. The van der Waals surface area contributed by atoms with Crippen molar-refractivity contribution in [1.82, 2.24) is 9.47 Å². The molecule has 0 spiro atoms. The summed E-state index contributed by atoms with van der Waals surface area (Å²) in [5.74, 6) is 0.928. The lowest BCUT2D eigenvalue weighted by Gasteiger charge is -2.37. The topological polar surface area (TPSA) is 54.8 Å². The molecule has 2 aromatic rings. The van der Waals surface area contributed by atoms with Crippen LogP contribution in [-0.4, -0.2) is 50.7 Å².